The molecule has 0 spiro atoms. The number of Topliss-reactive ketones (excluding diaryl/α,β-unsaturated/α-hetero) is 1. The van der Waals surface area contributed by atoms with Gasteiger partial charge in [-0.2, -0.15) is 0 Å². The largest absolute Gasteiger partial charge is 0.353 e. The smallest absolute Gasteiger partial charge is 0.208 e. The number of hydrogen-bond donors (Lipinski definition) is 0. The maximum atomic E-state index is 12.4. The van der Waals surface area contributed by atoms with Gasteiger partial charge in [-0.1, -0.05) is 29.2 Å². The third-order valence-electron chi connectivity index (χ3n) is 3.25. The van der Waals surface area contributed by atoms with Crippen LogP contribution in [0.25, 0.3) is 0 Å². The maximum absolute atomic E-state index is 12.4. The van der Waals surface area contributed by atoms with Crippen LogP contribution >= 0.6 is 23.1 Å². The van der Waals surface area contributed by atoms with Crippen LogP contribution in [-0.4, -0.2) is 35.8 Å². The summed E-state index contributed by atoms with van der Waals surface area (Å²) in [6.07, 6.45) is 0. The molecular weight excluding hydrogens is 302 g/mol. The van der Waals surface area contributed by atoms with Crippen molar-refractivity contribution in [3.8, 4) is 0 Å². The lowest BCUT2D eigenvalue weighted by Crippen LogP contribution is -2.07. The van der Waals surface area contributed by atoms with Gasteiger partial charge in [0.25, 0.3) is 0 Å². The Morgan fingerprint density at radius 2 is 1.81 bits per heavy atom. The van der Waals surface area contributed by atoms with E-state index in [0.29, 0.717) is 5.75 Å². The van der Waals surface area contributed by atoms with Crippen LogP contribution in [0, 0.1) is 20.8 Å². The maximum Gasteiger partial charge on any atom is 0.208 e. The van der Waals surface area contributed by atoms with Crippen LogP contribution in [0.1, 0.15) is 27.0 Å². The number of thioether (sulfide) groups is 1. The van der Waals surface area contributed by atoms with Crippen LogP contribution in [0.4, 0.5) is 5.13 Å². The molecule has 0 aliphatic carbocycles. The summed E-state index contributed by atoms with van der Waals surface area (Å²) in [5, 5.41) is 9.02. The molecule has 0 bridgehead atoms. The first-order valence-electron chi connectivity index (χ1n) is 6.63. The van der Waals surface area contributed by atoms with Crippen molar-refractivity contribution in [2.75, 3.05) is 24.7 Å². The number of ketones is 1. The van der Waals surface area contributed by atoms with Crippen LogP contribution < -0.4 is 4.90 Å². The van der Waals surface area contributed by atoms with E-state index in [4.69, 9.17) is 0 Å². The molecule has 0 saturated carbocycles. The van der Waals surface area contributed by atoms with Crippen molar-refractivity contribution in [3.05, 3.63) is 34.4 Å². The van der Waals surface area contributed by atoms with Crippen LogP contribution in [0.5, 0.6) is 0 Å². The van der Waals surface area contributed by atoms with Crippen LogP contribution in [0.15, 0.2) is 16.5 Å². The highest BCUT2D eigenvalue weighted by Gasteiger charge is 2.13. The summed E-state index contributed by atoms with van der Waals surface area (Å²) in [5.74, 6) is 0.535. The highest BCUT2D eigenvalue weighted by molar-refractivity contribution is 8.01. The molecule has 0 amide bonds. The van der Waals surface area contributed by atoms with E-state index in [9.17, 15) is 4.79 Å². The van der Waals surface area contributed by atoms with Crippen LogP contribution in [-0.2, 0) is 0 Å². The third-order valence-corrected chi connectivity index (χ3v) is 5.47. The number of aromatic nitrogens is 2. The molecule has 0 aliphatic rings. The molecule has 0 unspecified atom stereocenters. The number of rotatable bonds is 5. The minimum atomic E-state index is 0.141. The molecule has 112 valence electrons. The first-order valence-corrected chi connectivity index (χ1v) is 8.43. The average molecular weight is 321 g/mol. The standard InChI is InChI=1S/C15H19N3OS2/c1-9-6-11(3)12(7-10(9)2)13(19)8-20-15-17-16-14(21-15)18(4)5/h6-7H,8H2,1-5H3. The number of anilines is 1. The predicted octanol–water partition coefficient (Wildman–Crippen LogP) is 3.50. The molecule has 2 rings (SSSR count). The molecule has 1 aromatic carbocycles. The molecule has 0 N–H and O–H groups in total. The Bertz CT molecular complexity index is 665. The Hall–Kier alpha value is -1.40. The predicted molar refractivity (Wildman–Crippen MR) is 89.9 cm³/mol. The van der Waals surface area contributed by atoms with Crippen LogP contribution in [0.2, 0.25) is 0 Å². The molecule has 21 heavy (non-hydrogen) atoms. The van der Waals surface area contributed by atoms with Gasteiger partial charge in [-0.15, -0.1) is 10.2 Å². The summed E-state index contributed by atoms with van der Waals surface area (Å²) in [7, 11) is 3.86. The Kier molecular flexibility index (Phi) is 5.00. The van der Waals surface area contributed by atoms with Crippen molar-refractivity contribution in [3.63, 3.8) is 0 Å². The third kappa shape index (κ3) is 3.83. The van der Waals surface area contributed by atoms with Gasteiger partial charge in [0.2, 0.25) is 5.13 Å². The van der Waals surface area contributed by atoms with Crippen molar-refractivity contribution in [1.29, 1.82) is 0 Å². The van der Waals surface area contributed by atoms with E-state index in [1.54, 1.807) is 0 Å². The Morgan fingerprint density at radius 1 is 1.14 bits per heavy atom. The zero-order valence-electron chi connectivity index (χ0n) is 12.9. The summed E-state index contributed by atoms with van der Waals surface area (Å²) in [6, 6.07) is 4.06. The molecule has 0 aliphatic heterocycles. The lowest BCUT2D eigenvalue weighted by Gasteiger charge is -2.08. The quantitative estimate of drug-likeness (QED) is 0.623. The number of nitrogens with zero attached hydrogens (tertiary/aromatic N) is 3. The number of hydrogen-bond acceptors (Lipinski definition) is 6. The molecule has 2 aromatic rings. The van der Waals surface area contributed by atoms with Crippen molar-refractivity contribution in [1.82, 2.24) is 10.2 Å². The fourth-order valence-electron chi connectivity index (χ4n) is 1.91. The number of carbonyl (C=O) groups is 1. The van der Waals surface area contributed by atoms with Gasteiger partial charge in [0.1, 0.15) is 0 Å². The van der Waals surface area contributed by atoms with E-state index in [-0.39, 0.29) is 5.78 Å². The molecule has 1 aromatic heterocycles. The van der Waals surface area contributed by atoms with Gasteiger partial charge in [0.15, 0.2) is 10.1 Å². The highest BCUT2D eigenvalue weighted by atomic mass is 32.2. The lowest BCUT2D eigenvalue weighted by atomic mass is 9.99. The van der Waals surface area contributed by atoms with Gasteiger partial charge in [0, 0.05) is 19.7 Å². The highest BCUT2D eigenvalue weighted by Crippen LogP contribution is 2.28. The fourth-order valence-corrected chi connectivity index (χ4v) is 3.55. The first kappa shape index (κ1) is 16.0. The molecule has 6 heteroatoms. The number of carbonyl (C=O) groups excluding carboxylic acids is 1. The van der Waals surface area contributed by atoms with Crippen molar-refractivity contribution >= 4 is 34.0 Å². The fraction of sp³-hybridized carbons (Fsp3) is 0.400. The van der Waals surface area contributed by atoms with Gasteiger partial charge >= 0.3 is 0 Å². The van der Waals surface area contributed by atoms with Gasteiger partial charge in [0.05, 0.1) is 5.75 Å². The molecule has 0 fully saturated rings. The van der Waals surface area contributed by atoms with Crippen molar-refractivity contribution in [2.24, 2.45) is 0 Å². The average Bonchev–Trinajstić information content (AvgIpc) is 2.89. The molecule has 0 atom stereocenters. The second kappa shape index (κ2) is 6.58. The Labute approximate surface area is 133 Å². The summed E-state index contributed by atoms with van der Waals surface area (Å²) in [5.41, 5.74) is 4.22. The second-order valence-corrected chi connectivity index (χ2v) is 7.39. The summed E-state index contributed by atoms with van der Waals surface area (Å²) < 4.78 is 0.827. The van der Waals surface area contributed by atoms with Crippen molar-refractivity contribution < 1.29 is 4.79 Å². The second-order valence-electron chi connectivity index (χ2n) is 5.21. The van der Waals surface area contributed by atoms with E-state index < -0.39 is 0 Å². The first-order chi connectivity index (χ1) is 9.88. The molecule has 4 nitrogen and oxygen atoms in total. The van der Waals surface area contributed by atoms with Gasteiger partial charge in [-0.3, -0.25) is 4.79 Å². The topological polar surface area (TPSA) is 46.1 Å². The van der Waals surface area contributed by atoms with E-state index in [2.05, 4.69) is 23.2 Å². The van der Waals surface area contributed by atoms with Gasteiger partial charge in [-0.25, -0.2) is 0 Å². The summed E-state index contributed by atoms with van der Waals surface area (Å²) in [6.45, 7) is 6.08. The summed E-state index contributed by atoms with van der Waals surface area (Å²) in [4.78, 5) is 14.3. The van der Waals surface area contributed by atoms with Crippen LogP contribution in [0.3, 0.4) is 0 Å². The zero-order valence-corrected chi connectivity index (χ0v) is 14.6. The number of benzene rings is 1. The van der Waals surface area contributed by atoms with Gasteiger partial charge < -0.3 is 4.90 Å². The normalized spacial score (nSPS) is 10.7. The van der Waals surface area contributed by atoms with E-state index >= 15 is 0 Å². The molecular formula is C15H19N3OS2. The number of aryl methyl sites for hydroxylation is 3. The van der Waals surface area contributed by atoms with Crippen molar-refractivity contribution in [2.45, 2.75) is 25.1 Å². The Morgan fingerprint density at radius 3 is 2.43 bits per heavy atom. The molecule has 0 saturated heterocycles. The monoisotopic (exact) mass is 321 g/mol. The molecule has 1 heterocycles. The zero-order chi connectivity index (χ0) is 15.6. The van der Waals surface area contributed by atoms with E-state index in [1.807, 2.05) is 38.9 Å². The minimum absolute atomic E-state index is 0.141. The summed E-state index contributed by atoms with van der Waals surface area (Å²) >= 11 is 2.95. The van der Waals surface area contributed by atoms with E-state index in [0.717, 1.165) is 26.2 Å². The lowest BCUT2D eigenvalue weighted by molar-refractivity contribution is 0.102. The Balaban J connectivity index is 2.06. The SMILES string of the molecule is Cc1cc(C)c(C(=O)CSc2nnc(N(C)C)s2)cc1C. The van der Waals surface area contributed by atoms with Gasteiger partial charge in [-0.05, 0) is 43.5 Å². The minimum Gasteiger partial charge on any atom is -0.353 e. The molecule has 0 radical (unpaired) electrons. The van der Waals surface area contributed by atoms with E-state index in [1.165, 1.54) is 28.7 Å².